The van der Waals surface area contributed by atoms with Gasteiger partial charge < -0.3 is 15.0 Å². The van der Waals surface area contributed by atoms with Crippen LogP contribution < -0.4 is 15.0 Å². The quantitative estimate of drug-likeness (QED) is 0.532. The van der Waals surface area contributed by atoms with Crippen molar-refractivity contribution in [3.8, 4) is 5.75 Å². The topological polar surface area (TPSA) is 79.0 Å². The van der Waals surface area contributed by atoms with Gasteiger partial charge in [-0.2, -0.15) is 0 Å². The second-order valence-electron chi connectivity index (χ2n) is 8.22. The van der Waals surface area contributed by atoms with E-state index < -0.39 is 0 Å². The Morgan fingerprint density at radius 3 is 2.59 bits per heavy atom. The van der Waals surface area contributed by atoms with Crippen LogP contribution in [0.2, 0.25) is 0 Å². The summed E-state index contributed by atoms with van der Waals surface area (Å²) in [6, 6.07) is 5.96. The molecule has 0 spiro atoms. The van der Waals surface area contributed by atoms with Gasteiger partial charge in [0.15, 0.2) is 6.61 Å². The number of carbonyl (C=O) groups is 3. The number of nitrogens with one attached hydrogen (secondary N) is 1. The highest BCUT2D eigenvalue weighted by Crippen LogP contribution is 2.39. The maximum absolute atomic E-state index is 12.3. The lowest BCUT2D eigenvalue weighted by atomic mass is 10.00. The predicted octanol–water partition coefficient (Wildman–Crippen LogP) is 1.74. The van der Waals surface area contributed by atoms with Gasteiger partial charge in [0.05, 0.1) is 17.5 Å². The molecule has 1 aromatic carbocycles. The number of unbranched alkanes of at least 4 members (excludes halogenated alkanes) is 1. The summed E-state index contributed by atoms with van der Waals surface area (Å²) in [6.45, 7) is 2.36. The Kier molecular flexibility index (Phi) is 5.85. The van der Waals surface area contributed by atoms with Crippen LogP contribution in [0.15, 0.2) is 18.2 Å². The van der Waals surface area contributed by atoms with Crippen molar-refractivity contribution in [3.05, 3.63) is 23.8 Å². The van der Waals surface area contributed by atoms with Crippen molar-refractivity contribution < 1.29 is 19.1 Å². The first-order valence-electron chi connectivity index (χ1n) is 10.6. The molecule has 1 aliphatic carbocycles. The molecule has 7 heteroatoms. The number of likely N-dealkylation sites (N-methyl/N-ethyl adjacent to an activating group) is 1. The summed E-state index contributed by atoms with van der Waals surface area (Å²) in [5.41, 5.74) is 1.98. The molecular weight excluding hydrogens is 370 g/mol. The maximum atomic E-state index is 12.3. The number of hydrogen-bond donors (Lipinski definition) is 1. The van der Waals surface area contributed by atoms with Crippen LogP contribution >= 0.6 is 0 Å². The average Bonchev–Trinajstić information content (AvgIpc) is 3.29. The van der Waals surface area contributed by atoms with E-state index in [0.717, 1.165) is 63.1 Å². The first kappa shape index (κ1) is 19.9. The molecule has 2 atom stereocenters. The van der Waals surface area contributed by atoms with Gasteiger partial charge in [0, 0.05) is 13.6 Å². The lowest BCUT2D eigenvalue weighted by Crippen LogP contribution is -2.35. The summed E-state index contributed by atoms with van der Waals surface area (Å²) in [7, 11) is 1.76. The number of imide groups is 1. The summed E-state index contributed by atoms with van der Waals surface area (Å²) in [5, 5.41) is 3.42. The Bertz CT molecular complexity index is 787. The zero-order chi connectivity index (χ0) is 20.4. The molecule has 2 unspecified atom stereocenters. The smallest absolute Gasteiger partial charge is 0.264 e. The number of amides is 3. The van der Waals surface area contributed by atoms with Crippen molar-refractivity contribution in [1.82, 2.24) is 10.2 Å². The predicted molar refractivity (Wildman–Crippen MR) is 109 cm³/mol. The molecule has 29 heavy (non-hydrogen) atoms. The van der Waals surface area contributed by atoms with Gasteiger partial charge in [-0.05, 0) is 62.9 Å². The molecule has 3 amide bonds. The third kappa shape index (κ3) is 4.01. The summed E-state index contributed by atoms with van der Waals surface area (Å²) >= 11 is 0. The van der Waals surface area contributed by atoms with Crippen LogP contribution in [0.3, 0.4) is 0 Å². The van der Waals surface area contributed by atoms with Crippen LogP contribution in [-0.4, -0.2) is 55.9 Å². The Morgan fingerprint density at radius 2 is 1.83 bits per heavy atom. The standard InChI is InChI=1S/C22H29N3O4/c1-24-18-8-7-15(13-19(18)29-14-20(24)26)9-11-23-10-2-3-12-25-21(27)16-5-4-6-17(16)22(25)28/h7-8,13,16-17,23H,2-6,9-12,14H2,1H3. The molecule has 4 rings (SSSR count). The van der Waals surface area contributed by atoms with E-state index in [1.807, 2.05) is 18.2 Å². The van der Waals surface area contributed by atoms with E-state index in [9.17, 15) is 14.4 Å². The lowest BCUT2D eigenvalue weighted by molar-refractivity contribution is -0.140. The van der Waals surface area contributed by atoms with Crippen LogP contribution in [0, 0.1) is 11.8 Å². The zero-order valence-electron chi connectivity index (χ0n) is 17.0. The molecule has 0 aromatic heterocycles. The molecule has 156 valence electrons. The lowest BCUT2D eigenvalue weighted by Gasteiger charge is -2.26. The highest BCUT2D eigenvalue weighted by molar-refractivity contribution is 6.05. The van der Waals surface area contributed by atoms with Crippen LogP contribution in [0.5, 0.6) is 5.75 Å². The third-order valence-corrected chi connectivity index (χ3v) is 6.37. The third-order valence-electron chi connectivity index (χ3n) is 6.37. The van der Waals surface area contributed by atoms with E-state index in [1.54, 1.807) is 11.9 Å². The van der Waals surface area contributed by atoms with Crippen LogP contribution in [0.4, 0.5) is 5.69 Å². The molecule has 3 aliphatic rings. The van der Waals surface area contributed by atoms with Crippen molar-refractivity contribution in [1.29, 1.82) is 0 Å². The highest BCUT2D eigenvalue weighted by atomic mass is 16.5. The Hall–Kier alpha value is -2.41. The molecule has 2 aliphatic heterocycles. The molecule has 2 fully saturated rings. The number of anilines is 1. The average molecular weight is 399 g/mol. The van der Waals surface area contributed by atoms with Gasteiger partial charge in [-0.25, -0.2) is 0 Å². The fourth-order valence-corrected chi connectivity index (χ4v) is 4.64. The molecule has 1 saturated heterocycles. The molecule has 1 saturated carbocycles. The normalized spacial score (nSPS) is 23.4. The first-order chi connectivity index (χ1) is 14.1. The van der Waals surface area contributed by atoms with Gasteiger partial charge in [0.1, 0.15) is 5.75 Å². The zero-order valence-corrected chi connectivity index (χ0v) is 17.0. The number of rotatable bonds is 8. The maximum Gasteiger partial charge on any atom is 0.264 e. The van der Waals surface area contributed by atoms with E-state index >= 15 is 0 Å². The van der Waals surface area contributed by atoms with Crippen molar-refractivity contribution in [3.63, 3.8) is 0 Å². The fourth-order valence-electron chi connectivity index (χ4n) is 4.64. The van der Waals surface area contributed by atoms with Gasteiger partial charge >= 0.3 is 0 Å². The molecule has 1 aromatic rings. The minimum absolute atomic E-state index is 0.0286. The Labute approximate surface area is 171 Å². The van der Waals surface area contributed by atoms with Gasteiger partial charge in [-0.3, -0.25) is 19.3 Å². The van der Waals surface area contributed by atoms with Gasteiger partial charge in [-0.1, -0.05) is 12.5 Å². The second kappa shape index (κ2) is 8.53. The van der Waals surface area contributed by atoms with E-state index in [0.29, 0.717) is 6.54 Å². The number of hydrogen-bond acceptors (Lipinski definition) is 5. The minimum Gasteiger partial charge on any atom is -0.482 e. The van der Waals surface area contributed by atoms with E-state index in [-0.39, 0.29) is 36.2 Å². The second-order valence-corrected chi connectivity index (χ2v) is 8.22. The number of nitrogens with zero attached hydrogens (tertiary/aromatic N) is 2. The number of fused-ring (bicyclic) bond motifs is 2. The summed E-state index contributed by atoms with van der Waals surface area (Å²) in [5.74, 6) is 0.792. The number of benzene rings is 1. The van der Waals surface area contributed by atoms with Crippen LogP contribution in [0.1, 0.15) is 37.7 Å². The Morgan fingerprint density at radius 1 is 1.07 bits per heavy atom. The van der Waals surface area contributed by atoms with Gasteiger partial charge in [0.2, 0.25) is 11.8 Å². The largest absolute Gasteiger partial charge is 0.482 e. The molecule has 2 heterocycles. The van der Waals surface area contributed by atoms with Crippen molar-refractivity contribution in [2.75, 3.05) is 38.2 Å². The van der Waals surface area contributed by atoms with Crippen molar-refractivity contribution in [2.24, 2.45) is 11.8 Å². The van der Waals surface area contributed by atoms with E-state index in [1.165, 1.54) is 10.5 Å². The summed E-state index contributed by atoms with van der Waals surface area (Å²) < 4.78 is 5.53. The minimum atomic E-state index is -0.0348. The molecule has 7 nitrogen and oxygen atoms in total. The van der Waals surface area contributed by atoms with Gasteiger partial charge in [0.25, 0.3) is 5.91 Å². The molecule has 0 bridgehead atoms. The number of likely N-dealkylation sites (tertiary alicyclic amines) is 1. The number of carbonyl (C=O) groups excluding carboxylic acids is 3. The summed E-state index contributed by atoms with van der Waals surface area (Å²) in [6.07, 6.45) is 5.43. The fraction of sp³-hybridized carbons (Fsp3) is 0.591. The molecular formula is C22H29N3O4. The molecule has 1 N–H and O–H groups in total. The monoisotopic (exact) mass is 399 g/mol. The van der Waals surface area contributed by atoms with Crippen molar-refractivity contribution >= 4 is 23.4 Å². The first-order valence-corrected chi connectivity index (χ1v) is 10.6. The highest BCUT2D eigenvalue weighted by Gasteiger charge is 2.49. The van der Waals surface area contributed by atoms with Crippen molar-refractivity contribution in [2.45, 2.75) is 38.5 Å². The molecule has 0 radical (unpaired) electrons. The Balaban J connectivity index is 1.14. The van der Waals surface area contributed by atoms with E-state index in [4.69, 9.17) is 4.74 Å². The van der Waals surface area contributed by atoms with Gasteiger partial charge in [-0.15, -0.1) is 0 Å². The van der Waals surface area contributed by atoms with E-state index in [2.05, 4.69) is 5.32 Å². The SMILES string of the molecule is CN1C(=O)COc2cc(CCNCCCCN3C(=O)C4CCCC4C3=O)ccc21. The van der Waals surface area contributed by atoms with Crippen LogP contribution in [0.25, 0.3) is 0 Å². The summed E-state index contributed by atoms with van der Waals surface area (Å²) in [4.78, 5) is 39.4. The van der Waals surface area contributed by atoms with Crippen LogP contribution in [-0.2, 0) is 20.8 Å². The number of ether oxygens (including phenoxy) is 1.